The third-order valence-electron chi connectivity index (χ3n) is 3.64. The highest BCUT2D eigenvalue weighted by atomic mass is 16.4. The lowest BCUT2D eigenvalue weighted by molar-refractivity contribution is -0.137. The Labute approximate surface area is 127 Å². The second-order valence-electron chi connectivity index (χ2n) is 5.71. The summed E-state index contributed by atoms with van der Waals surface area (Å²) >= 11 is 0. The summed E-state index contributed by atoms with van der Waals surface area (Å²) in [5, 5.41) is 3.87. The molecule has 0 saturated carbocycles. The lowest BCUT2D eigenvalue weighted by Crippen LogP contribution is -1.93. The summed E-state index contributed by atoms with van der Waals surface area (Å²) in [6, 6.07) is 0. The van der Waals surface area contributed by atoms with Crippen LogP contribution in [-0.4, -0.2) is 11.1 Å². The molecule has 2 heteroatoms. The van der Waals surface area contributed by atoms with Gasteiger partial charge in [-0.2, -0.15) is 0 Å². The zero-order chi connectivity index (χ0) is 15.6. The molecule has 0 aromatic rings. The zero-order valence-electron chi connectivity index (χ0n) is 14.4. The highest BCUT2D eigenvalue weighted by Crippen LogP contribution is 2.09. The second-order valence-corrected chi connectivity index (χ2v) is 5.71. The van der Waals surface area contributed by atoms with E-state index in [9.17, 15) is 4.79 Å². The molecule has 0 aromatic carbocycles. The Kier molecular flexibility index (Phi) is 14.0. The van der Waals surface area contributed by atoms with Crippen molar-refractivity contribution >= 4 is 5.97 Å². The number of rotatable bonds is 15. The van der Waals surface area contributed by atoms with Crippen LogP contribution in [0.5, 0.6) is 0 Å². The maximum atomic E-state index is 10.7. The average Bonchev–Trinajstić information content (AvgIpc) is 2.50. The van der Waals surface area contributed by atoms with E-state index in [1.807, 2.05) is 0 Å². The van der Waals surface area contributed by atoms with Crippen LogP contribution >= 0.6 is 0 Å². The minimum Gasteiger partial charge on any atom is -0.481 e. The monoisotopic (exact) mass is 283 g/mol. The van der Waals surface area contributed by atoms with Crippen molar-refractivity contribution in [3.8, 4) is 0 Å². The number of carboxylic acid groups (broad SMARTS) is 1. The molecule has 0 saturated heterocycles. The molecule has 0 fully saturated rings. The van der Waals surface area contributed by atoms with Crippen molar-refractivity contribution in [2.45, 2.75) is 96.8 Å². The Morgan fingerprint density at radius 2 is 1.35 bits per heavy atom. The van der Waals surface area contributed by atoms with Crippen LogP contribution in [-0.2, 0) is 4.79 Å². The van der Waals surface area contributed by atoms with Gasteiger partial charge in [0.05, 0.1) is 0 Å². The van der Waals surface area contributed by atoms with Gasteiger partial charge in [-0.05, 0) is 32.1 Å². The molecule has 1 N–H and O–H groups in total. The number of hydrogen-bond acceptors (Lipinski definition) is 2. The van der Waals surface area contributed by atoms with Crippen LogP contribution in [0.3, 0.4) is 0 Å². The molecule has 0 aliphatic rings. The molecule has 0 atom stereocenters. The Bertz CT molecular complexity index is 252. The van der Waals surface area contributed by atoms with E-state index >= 15 is 0 Å². The Hall–Kier alpha value is -0.790. The van der Waals surface area contributed by atoms with Gasteiger partial charge in [0.2, 0.25) is 0 Å². The smallest absolute Gasteiger partial charge is 0.303 e. The van der Waals surface area contributed by atoms with Crippen molar-refractivity contribution in [3.05, 3.63) is 12.2 Å². The molecular weight excluding hydrogens is 248 g/mol. The summed E-state index contributed by atoms with van der Waals surface area (Å²) in [5.74, 6) is -0.410. The van der Waals surface area contributed by atoms with Crippen LogP contribution in [0.15, 0.2) is 12.2 Å². The van der Waals surface area contributed by atoms with Crippen LogP contribution in [0.2, 0.25) is 0 Å². The van der Waals surface area contributed by atoms with E-state index in [2.05, 4.69) is 24.2 Å². The van der Waals surface area contributed by atoms with Gasteiger partial charge in [0, 0.05) is 6.42 Å². The van der Waals surface area contributed by atoms with Gasteiger partial charge in [-0.1, -0.05) is 70.4 Å². The highest BCUT2D eigenvalue weighted by molar-refractivity contribution is 5.66. The van der Waals surface area contributed by atoms with Crippen molar-refractivity contribution in [1.82, 2.24) is 0 Å². The summed E-state index contributed by atoms with van der Waals surface area (Å²) in [6.07, 6.45) is 21.3. The minimum absolute atomic E-state index is 0.391. The second kappa shape index (κ2) is 16.3. The molecule has 0 radical (unpaired) electrons. The third kappa shape index (κ3) is 17.2. The predicted molar refractivity (Wildman–Crippen MR) is 87.1 cm³/mol. The van der Waals surface area contributed by atoms with Crippen molar-refractivity contribution in [3.63, 3.8) is 0 Å². The van der Waals surface area contributed by atoms with Gasteiger partial charge in [0.15, 0.2) is 0 Å². The Morgan fingerprint density at radius 3 is 1.90 bits per heavy atom. The first kappa shape index (κ1) is 17.3. The maximum absolute atomic E-state index is 10.7. The van der Waals surface area contributed by atoms with E-state index < -0.39 is 5.97 Å². The quantitative estimate of drug-likeness (QED) is 0.291. The summed E-state index contributed by atoms with van der Waals surface area (Å²) in [7, 11) is 0. The molecule has 20 heavy (non-hydrogen) atoms. The summed E-state index contributed by atoms with van der Waals surface area (Å²) in [6.45, 7) is 2.26. The lowest BCUT2D eigenvalue weighted by atomic mass is 10.1. The SMILES string of the molecule is [2H]OC(=O)CCCCCCCC=CCCCCCCCC. The largest absolute Gasteiger partial charge is 0.481 e. The first-order valence-corrected chi connectivity index (χ1v) is 8.62. The zero-order valence-corrected chi connectivity index (χ0v) is 13.4. The average molecular weight is 283 g/mol. The molecular formula is C18H34O2. The number of allylic oxidation sites excluding steroid dienone is 2. The summed E-state index contributed by atoms with van der Waals surface area (Å²) < 4.78 is 6.43. The third-order valence-corrected chi connectivity index (χ3v) is 3.64. The fraction of sp³-hybridized carbons (Fsp3) is 0.833. The molecule has 0 bridgehead atoms. The highest BCUT2D eigenvalue weighted by Gasteiger charge is 1.95. The number of carboxylic acids is 1. The number of aliphatic carboxylic acids is 1. The summed E-state index contributed by atoms with van der Waals surface area (Å²) in [5.41, 5.74) is 0. The van der Waals surface area contributed by atoms with Crippen molar-refractivity contribution in [2.75, 3.05) is 0 Å². The van der Waals surface area contributed by atoms with E-state index in [0.29, 0.717) is 6.42 Å². The lowest BCUT2D eigenvalue weighted by Gasteiger charge is -1.99. The normalized spacial score (nSPS) is 11.8. The van der Waals surface area contributed by atoms with Gasteiger partial charge in [0.1, 0.15) is 0 Å². The molecule has 0 aliphatic heterocycles. The molecule has 118 valence electrons. The molecule has 0 heterocycles. The van der Waals surface area contributed by atoms with E-state index in [0.717, 1.165) is 12.8 Å². The standard InChI is InChI=1S/C18H34O2/c1-2-3-4-5-6-7-8-9-10-11-12-13-14-15-16-17-18(19)20/h9-10H,2-8,11-17H2,1H3,(H,19,20)/i/hD. The topological polar surface area (TPSA) is 37.3 Å². The molecule has 0 aliphatic carbocycles. The fourth-order valence-electron chi connectivity index (χ4n) is 2.34. The molecule has 0 aromatic heterocycles. The van der Waals surface area contributed by atoms with Gasteiger partial charge in [-0.3, -0.25) is 4.79 Å². The maximum Gasteiger partial charge on any atom is 0.303 e. The summed E-state index contributed by atoms with van der Waals surface area (Å²) in [4.78, 5) is 10.7. The van der Waals surface area contributed by atoms with Gasteiger partial charge < -0.3 is 5.11 Å². The first-order valence-electron chi connectivity index (χ1n) is 9.03. The van der Waals surface area contributed by atoms with Crippen molar-refractivity contribution in [2.24, 2.45) is 0 Å². The fourth-order valence-corrected chi connectivity index (χ4v) is 2.34. The van der Waals surface area contributed by atoms with Gasteiger partial charge >= 0.3 is 5.97 Å². The van der Waals surface area contributed by atoms with Gasteiger partial charge in [-0.25, -0.2) is 0 Å². The molecule has 0 amide bonds. The number of hydrogen-bond donors (Lipinski definition) is 1. The van der Waals surface area contributed by atoms with E-state index in [1.54, 1.807) is 0 Å². The van der Waals surface area contributed by atoms with Crippen LogP contribution in [0.1, 0.15) is 96.8 Å². The van der Waals surface area contributed by atoms with Crippen molar-refractivity contribution < 1.29 is 9.90 Å². The Balaban J connectivity index is 3.10. The Morgan fingerprint density at radius 1 is 0.850 bits per heavy atom. The van der Waals surface area contributed by atoms with E-state index in [1.165, 1.54) is 70.6 Å². The van der Waals surface area contributed by atoms with E-state index in [-0.39, 0.29) is 0 Å². The minimum atomic E-state index is -0.410. The molecule has 2 nitrogen and oxygen atoms in total. The van der Waals surface area contributed by atoms with Crippen LogP contribution in [0.25, 0.3) is 1.43 Å². The van der Waals surface area contributed by atoms with Gasteiger partial charge in [0.25, 0.3) is 1.43 Å². The molecule has 0 unspecified atom stereocenters. The van der Waals surface area contributed by atoms with Crippen LogP contribution in [0.4, 0.5) is 0 Å². The molecule has 0 rings (SSSR count). The first-order chi connectivity index (χ1) is 10.3. The van der Waals surface area contributed by atoms with Crippen molar-refractivity contribution in [1.29, 1.82) is 1.43 Å². The van der Waals surface area contributed by atoms with Crippen LogP contribution in [0, 0.1) is 0 Å². The number of unbranched alkanes of at least 4 members (excludes halogenated alkanes) is 11. The van der Waals surface area contributed by atoms with Gasteiger partial charge in [-0.15, -0.1) is 0 Å². The molecule has 0 spiro atoms. The number of carbonyl (C=O) groups is 1. The predicted octanol–water partition coefficient (Wildman–Crippen LogP) is 6.11. The van der Waals surface area contributed by atoms with E-state index in [4.69, 9.17) is 1.43 Å². The van der Waals surface area contributed by atoms with Crippen LogP contribution < -0.4 is 0 Å².